The zero-order chi connectivity index (χ0) is 11.7. The van der Waals surface area contributed by atoms with E-state index in [1.807, 2.05) is 0 Å². The molecule has 0 spiro atoms. The highest BCUT2D eigenvalue weighted by atomic mass is 16.5. The molecular weight excluding hydrogens is 208 g/mol. The van der Waals surface area contributed by atoms with Gasteiger partial charge in [0.2, 0.25) is 5.78 Å². The number of ether oxygens (including phenoxy) is 1. The van der Waals surface area contributed by atoms with Gasteiger partial charge in [0.15, 0.2) is 11.4 Å². The molecule has 0 bridgehead atoms. The SMILES string of the molecule is COc1cnn(C)c1C(=O)c1ccnn1C. The molecule has 2 aromatic heterocycles. The number of rotatable bonds is 3. The first kappa shape index (κ1) is 10.4. The number of nitrogens with zero attached hydrogens (tertiary/aromatic N) is 4. The molecule has 0 aromatic carbocycles. The maximum atomic E-state index is 12.2. The lowest BCUT2D eigenvalue weighted by atomic mass is 10.2. The molecule has 0 amide bonds. The van der Waals surface area contributed by atoms with E-state index in [0.29, 0.717) is 17.1 Å². The fourth-order valence-electron chi connectivity index (χ4n) is 1.54. The van der Waals surface area contributed by atoms with Crippen molar-refractivity contribution >= 4 is 5.78 Å². The van der Waals surface area contributed by atoms with Crippen LogP contribution >= 0.6 is 0 Å². The normalized spacial score (nSPS) is 10.4. The molecule has 2 heterocycles. The Morgan fingerprint density at radius 2 is 2.06 bits per heavy atom. The van der Waals surface area contributed by atoms with E-state index in [1.165, 1.54) is 22.7 Å². The van der Waals surface area contributed by atoms with E-state index in [1.54, 1.807) is 26.4 Å². The van der Waals surface area contributed by atoms with Crippen molar-refractivity contribution in [2.45, 2.75) is 0 Å². The predicted octanol–water partition coefficient (Wildman–Crippen LogP) is 0.393. The minimum absolute atomic E-state index is 0.156. The fraction of sp³-hybridized carbons (Fsp3) is 0.300. The molecule has 0 saturated heterocycles. The van der Waals surface area contributed by atoms with Gasteiger partial charge in [-0.05, 0) is 6.07 Å². The van der Waals surface area contributed by atoms with Crippen molar-refractivity contribution in [1.82, 2.24) is 19.6 Å². The lowest BCUT2D eigenvalue weighted by molar-refractivity contribution is 0.101. The minimum Gasteiger partial charge on any atom is -0.493 e. The second-order valence-electron chi connectivity index (χ2n) is 3.35. The van der Waals surface area contributed by atoms with Gasteiger partial charge in [0.1, 0.15) is 5.69 Å². The molecule has 2 aromatic rings. The summed E-state index contributed by atoms with van der Waals surface area (Å²) < 4.78 is 8.11. The van der Waals surface area contributed by atoms with Crippen LogP contribution in [-0.2, 0) is 14.1 Å². The zero-order valence-corrected chi connectivity index (χ0v) is 9.34. The Morgan fingerprint density at radius 1 is 1.31 bits per heavy atom. The average molecular weight is 220 g/mol. The van der Waals surface area contributed by atoms with E-state index in [-0.39, 0.29) is 5.78 Å². The molecule has 84 valence electrons. The Balaban J connectivity index is 2.49. The Hall–Kier alpha value is -2.11. The Labute approximate surface area is 92.4 Å². The smallest absolute Gasteiger partial charge is 0.232 e. The molecule has 6 nitrogen and oxygen atoms in total. The van der Waals surface area contributed by atoms with Crippen LogP contribution < -0.4 is 4.74 Å². The lowest BCUT2D eigenvalue weighted by Crippen LogP contribution is -2.13. The highest BCUT2D eigenvalue weighted by Gasteiger charge is 2.21. The topological polar surface area (TPSA) is 61.9 Å². The van der Waals surface area contributed by atoms with Gasteiger partial charge in [0, 0.05) is 20.3 Å². The van der Waals surface area contributed by atoms with E-state index in [0.717, 1.165) is 0 Å². The quantitative estimate of drug-likeness (QED) is 0.702. The van der Waals surface area contributed by atoms with Crippen LogP contribution in [0.5, 0.6) is 5.75 Å². The van der Waals surface area contributed by atoms with Crippen molar-refractivity contribution in [1.29, 1.82) is 0 Å². The Kier molecular flexibility index (Phi) is 2.47. The van der Waals surface area contributed by atoms with E-state index in [9.17, 15) is 4.79 Å². The molecule has 2 rings (SSSR count). The molecular formula is C10H12N4O2. The Bertz CT molecular complexity index is 527. The number of methoxy groups -OCH3 is 1. The van der Waals surface area contributed by atoms with Gasteiger partial charge in [-0.25, -0.2) is 0 Å². The molecule has 0 saturated carbocycles. The van der Waals surface area contributed by atoms with Crippen LogP contribution in [0.2, 0.25) is 0 Å². The highest BCUT2D eigenvalue weighted by Crippen LogP contribution is 2.19. The van der Waals surface area contributed by atoms with E-state index >= 15 is 0 Å². The van der Waals surface area contributed by atoms with Gasteiger partial charge in [-0.1, -0.05) is 0 Å². The number of ketones is 1. The fourth-order valence-corrected chi connectivity index (χ4v) is 1.54. The number of aryl methyl sites for hydroxylation is 2. The number of carbonyl (C=O) groups is 1. The molecule has 0 unspecified atom stereocenters. The van der Waals surface area contributed by atoms with Gasteiger partial charge in [-0.15, -0.1) is 0 Å². The molecule has 0 aliphatic carbocycles. The summed E-state index contributed by atoms with van der Waals surface area (Å²) in [4.78, 5) is 12.2. The number of hydrogen-bond donors (Lipinski definition) is 0. The number of hydrogen-bond acceptors (Lipinski definition) is 4. The van der Waals surface area contributed by atoms with Crippen LogP contribution in [0.25, 0.3) is 0 Å². The minimum atomic E-state index is -0.156. The van der Waals surface area contributed by atoms with Crippen molar-refractivity contribution in [3.8, 4) is 5.75 Å². The molecule has 0 N–H and O–H groups in total. The van der Waals surface area contributed by atoms with E-state index in [4.69, 9.17) is 4.74 Å². The number of carbonyl (C=O) groups excluding carboxylic acids is 1. The first-order valence-corrected chi connectivity index (χ1v) is 4.74. The maximum Gasteiger partial charge on any atom is 0.232 e. The van der Waals surface area contributed by atoms with Crippen LogP contribution in [0.3, 0.4) is 0 Å². The van der Waals surface area contributed by atoms with E-state index in [2.05, 4.69) is 10.2 Å². The summed E-state index contributed by atoms with van der Waals surface area (Å²) in [5.41, 5.74) is 0.924. The van der Waals surface area contributed by atoms with Crippen LogP contribution in [0.4, 0.5) is 0 Å². The first-order valence-electron chi connectivity index (χ1n) is 4.74. The second-order valence-corrected chi connectivity index (χ2v) is 3.35. The van der Waals surface area contributed by atoms with Gasteiger partial charge in [-0.2, -0.15) is 10.2 Å². The van der Waals surface area contributed by atoms with Gasteiger partial charge in [0.25, 0.3) is 0 Å². The van der Waals surface area contributed by atoms with Gasteiger partial charge < -0.3 is 4.74 Å². The van der Waals surface area contributed by atoms with Crippen molar-refractivity contribution < 1.29 is 9.53 Å². The lowest BCUT2D eigenvalue weighted by Gasteiger charge is -2.04. The van der Waals surface area contributed by atoms with Crippen molar-refractivity contribution in [3.05, 3.63) is 29.8 Å². The summed E-state index contributed by atoms with van der Waals surface area (Å²) in [5, 5.41) is 7.95. The largest absolute Gasteiger partial charge is 0.493 e. The van der Waals surface area contributed by atoms with Crippen molar-refractivity contribution in [3.63, 3.8) is 0 Å². The monoisotopic (exact) mass is 220 g/mol. The second kappa shape index (κ2) is 3.80. The molecule has 0 atom stereocenters. The Morgan fingerprint density at radius 3 is 2.62 bits per heavy atom. The summed E-state index contributed by atoms with van der Waals surface area (Å²) in [6, 6.07) is 1.66. The van der Waals surface area contributed by atoms with Crippen LogP contribution in [0, 0.1) is 0 Å². The third-order valence-corrected chi connectivity index (χ3v) is 2.39. The molecule has 0 radical (unpaired) electrons. The van der Waals surface area contributed by atoms with Crippen molar-refractivity contribution in [2.75, 3.05) is 7.11 Å². The molecule has 6 heteroatoms. The van der Waals surface area contributed by atoms with Gasteiger partial charge in [0.05, 0.1) is 13.3 Å². The van der Waals surface area contributed by atoms with Crippen molar-refractivity contribution in [2.24, 2.45) is 14.1 Å². The summed E-state index contributed by atoms with van der Waals surface area (Å²) in [6.45, 7) is 0. The molecule has 0 fully saturated rings. The first-order chi connectivity index (χ1) is 7.65. The van der Waals surface area contributed by atoms with Crippen LogP contribution in [-0.4, -0.2) is 32.5 Å². The summed E-state index contributed by atoms with van der Waals surface area (Å²) in [5.74, 6) is 0.311. The maximum absolute atomic E-state index is 12.2. The van der Waals surface area contributed by atoms with Crippen LogP contribution in [0.1, 0.15) is 16.2 Å². The van der Waals surface area contributed by atoms with Crippen LogP contribution in [0.15, 0.2) is 18.5 Å². The highest BCUT2D eigenvalue weighted by molar-refractivity contribution is 6.08. The third-order valence-electron chi connectivity index (χ3n) is 2.39. The predicted molar refractivity (Wildman–Crippen MR) is 56.4 cm³/mol. The zero-order valence-electron chi connectivity index (χ0n) is 9.34. The van der Waals surface area contributed by atoms with Gasteiger partial charge >= 0.3 is 0 Å². The number of aromatic nitrogens is 4. The standard InChI is InChI=1S/C10H12N4O2/c1-13-7(4-5-11-13)10(15)9-8(16-3)6-12-14(9)2/h4-6H,1-3H3. The molecule has 0 aliphatic rings. The summed E-state index contributed by atoms with van der Waals surface area (Å²) in [6.07, 6.45) is 3.10. The average Bonchev–Trinajstić information content (AvgIpc) is 2.83. The van der Waals surface area contributed by atoms with E-state index < -0.39 is 0 Å². The summed E-state index contributed by atoms with van der Waals surface area (Å²) in [7, 11) is 4.93. The third kappa shape index (κ3) is 1.48. The molecule has 0 aliphatic heterocycles. The summed E-state index contributed by atoms with van der Waals surface area (Å²) >= 11 is 0. The molecule has 16 heavy (non-hydrogen) atoms. The van der Waals surface area contributed by atoms with Gasteiger partial charge in [-0.3, -0.25) is 14.2 Å².